The largest absolute Gasteiger partial charge is 0.508 e. The average Bonchev–Trinajstić information content (AvgIpc) is 2.49. The second-order valence-electron chi connectivity index (χ2n) is 4.91. The number of aliphatic hydroxyl groups excluding tert-OH is 2. The summed E-state index contributed by atoms with van der Waals surface area (Å²) in [7, 11) is 0. The number of hydrogen-bond acceptors (Lipinski definition) is 4. The van der Waals surface area contributed by atoms with Crippen LogP contribution >= 0.6 is 0 Å². The zero-order valence-corrected chi connectivity index (χ0v) is 11.6. The normalized spacial score (nSPS) is 12.1. The summed E-state index contributed by atoms with van der Waals surface area (Å²) >= 11 is 0. The van der Waals surface area contributed by atoms with Crippen molar-refractivity contribution in [3.8, 4) is 5.75 Å². The van der Waals surface area contributed by atoms with Crippen molar-refractivity contribution in [2.75, 3.05) is 6.61 Å². The smallest absolute Gasteiger partial charge is 0.193 e. The van der Waals surface area contributed by atoms with Gasteiger partial charge in [0.05, 0.1) is 6.10 Å². The number of hydrogen-bond donors (Lipinski definition) is 3. The van der Waals surface area contributed by atoms with E-state index in [2.05, 4.69) is 0 Å². The van der Waals surface area contributed by atoms with Gasteiger partial charge in [0.2, 0.25) is 0 Å². The number of rotatable bonds is 6. The van der Waals surface area contributed by atoms with Crippen molar-refractivity contribution in [3.63, 3.8) is 0 Å². The van der Waals surface area contributed by atoms with Crippen LogP contribution in [0.4, 0.5) is 0 Å². The number of carbonyl (C=O) groups is 1. The van der Waals surface area contributed by atoms with E-state index in [-0.39, 0.29) is 31.0 Å². The van der Waals surface area contributed by atoms with Gasteiger partial charge in [0.15, 0.2) is 5.78 Å². The Balaban J connectivity index is 2.33. The third kappa shape index (κ3) is 3.90. The summed E-state index contributed by atoms with van der Waals surface area (Å²) in [6, 6.07) is 13.3. The molecule has 0 aliphatic rings. The van der Waals surface area contributed by atoms with Gasteiger partial charge in [0, 0.05) is 17.7 Å². The van der Waals surface area contributed by atoms with Crippen LogP contribution in [0.15, 0.2) is 48.5 Å². The summed E-state index contributed by atoms with van der Waals surface area (Å²) in [5.74, 6) is -0.188. The number of carbonyl (C=O) groups excluding carboxylic acids is 1. The van der Waals surface area contributed by atoms with Crippen molar-refractivity contribution in [3.05, 3.63) is 65.2 Å². The van der Waals surface area contributed by atoms with Crippen molar-refractivity contribution in [1.29, 1.82) is 0 Å². The molecule has 0 saturated heterocycles. The van der Waals surface area contributed by atoms with Crippen molar-refractivity contribution < 1.29 is 20.1 Å². The van der Waals surface area contributed by atoms with E-state index in [1.54, 1.807) is 30.3 Å². The fraction of sp³-hybridized carbons (Fsp3) is 0.235. The minimum atomic E-state index is -0.720. The summed E-state index contributed by atoms with van der Waals surface area (Å²) in [5, 5.41) is 28.3. The third-order valence-electron chi connectivity index (χ3n) is 3.29. The molecule has 0 amide bonds. The van der Waals surface area contributed by atoms with E-state index >= 15 is 0 Å². The molecule has 3 N–H and O–H groups in total. The van der Waals surface area contributed by atoms with Crippen LogP contribution in [0.25, 0.3) is 0 Å². The fourth-order valence-corrected chi connectivity index (χ4v) is 2.20. The van der Waals surface area contributed by atoms with Gasteiger partial charge < -0.3 is 15.3 Å². The quantitative estimate of drug-likeness (QED) is 0.709. The number of benzene rings is 2. The SMILES string of the molecule is O=C(c1ccccc1)c1cc(O)ccc1CC(O)CCO. The Hall–Kier alpha value is -2.17. The Labute approximate surface area is 123 Å². The van der Waals surface area contributed by atoms with Gasteiger partial charge in [-0.15, -0.1) is 0 Å². The van der Waals surface area contributed by atoms with E-state index in [9.17, 15) is 15.0 Å². The molecule has 0 aliphatic heterocycles. The molecule has 0 aliphatic carbocycles. The predicted molar refractivity (Wildman–Crippen MR) is 79.4 cm³/mol. The monoisotopic (exact) mass is 286 g/mol. The predicted octanol–water partition coefficient (Wildman–Crippen LogP) is 1.91. The maximum absolute atomic E-state index is 12.5. The Bertz CT molecular complexity index is 607. The molecule has 0 aromatic heterocycles. The minimum absolute atomic E-state index is 0.00896. The van der Waals surface area contributed by atoms with Crippen molar-refractivity contribution in [2.45, 2.75) is 18.9 Å². The van der Waals surface area contributed by atoms with E-state index in [0.29, 0.717) is 16.7 Å². The second kappa shape index (κ2) is 7.02. The highest BCUT2D eigenvalue weighted by Gasteiger charge is 2.16. The van der Waals surface area contributed by atoms with Gasteiger partial charge in [0.1, 0.15) is 5.75 Å². The molecule has 0 spiro atoms. The molecule has 1 atom stereocenters. The van der Waals surface area contributed by atoms with Crippen LogP contribution in [0.3, 0.4) is 0 Å². The van der Waals surface area contributed by atoms with Crippen LogP contribution in [0.1, 0.15) is 27.9 Å². The zero-order chi connectivity index (χ0) is 15.2. The number of phenolic OH excluding ortho intramolecular Hbond substituents is 1. The lowest BCUT2D eigenvalue weighted by molar-refractivity contribution is 0.103. The van der Waals surface area contributed by atoms with E-state index in [1.165, 1.54) is 12.1 Å². The molecule has 0 saturated carbocycles. The molecule has 2 aromatic rings. The Morgan fingerprint density at radius 1 is 1.10 bits per heavy atom. The highest BCUT2D eigenvalue weighted by molar-refractivity contribution is 6.10. The molecular formula is C17H18O4. The Kier molecular flexibility index (Phi) is 5.09. The van der Waals surface area contributed by atoms with Crippen molar-refractivity contribution in [2.24, 2.45) is 0 Å². The highest BCUT2D eigenvalue weighted by atomic mass is 16.3. The first-order chi connectivity index (χ1) is 10.1. The minimum Gasteiger partial charge on any atom is -0.508 e. The lowest BCUT2D eigenvalue weighted by Crippen LogP contribution is -2.15. The van der Waals surface area contributed by atoms with Crippen LogP contribution in [0, 0.1) is 0 Å². The number of phenols is 1. The topological polar surface area (TPSA) is 77.8 Å². The van der Waals surface area contributed by atoms with Crippen LogP contribution < -0.4 is 0 Å². The van der Waals surface area contributed by atoms with Gasteiger partial charge in [-0.1, -0.05) is 36.4 Å². The van der Waals surface area contributed by atoms with Gasteiger partial charge in [-0.3, -0.25) is 4.79 Å². The summed E-state index contributed by atoms with van der Waals surface area (Å²) < 4.78 is 0. The molecule has 2 aromatic carbocycles. The zero-order valence-electron chi connectivity index (χ0n) is 11.6. The average molecular weight is 286 g/mol. The van der Waals surface area contributed by atoms with Crippen LogP contribution in [0.2, 0.25) is 0 Å². The van der Waals surface area contributed by atoms with E-state index in [0.717, 1.165) is 0 Å². The van der Waals surface area contributed by atoms with E-state index < -0.39 is 6.10 Å². The second-order valence-corrected chi connectivity index (χ2v) is 4.91. The van der Waals surface area contributed by atoms with E-state index in [4.69, 9.17) is 5.11 Å². The molecule has 0 radical (unpaired) electrons. The fourth-order valence-electron chi connectivity index (χ4n) is 2.20. The first kappa shape index (κ1) is 15.2. The molecular weight excluding hydrogens is 268 g/mol. The summed E-state index contributed by atoms with van der Waals surface area (Å²) in [4.78, 5) is 12.5. The van der Waals surface area contributed by atoms with Crippen LogP contribution in [0.5, 0.6) is 5.75 Å². The van der Waals surface area contributed by atoms with Crippen LogP contribution in [-0.4, -0.2) is 33.8 Å². The number of aliphatic hydroxyl groups is 2. The van der Waals surface area contributed by atoms with Gasteiger partial charge in [-0.25, -0.2) is 0 Å². The van der Waals surface area contributed by atoms with Gasteiger partial charge in [-0.05, 0) is 30.5 Å². The molecule has 1 unspecified atom stereocenters. The lowest BCUT2D eigenvalue weighted by atomic mass is 9.94. The molecule has 21 heavy (non-hydrogen) atoms. The molecule has 0 fully saturated rings. The van der Waals surface area contributed by atoms with Gasteiger partial charge in [-0.2, -0.15) is 0 Å². The number of ketones is 1. The molecule has 2 rings (SSSR count). The Morgan fingerprint density at radius 2 is 1.81 bits per heavy atom. The lowest BCUT2D eigenvalue weighted by Gasteiger charge is -2.13. The first-order valence-electron chi connectivity index (χ1n) is 6.82. The van der Waals surface area contributed by atoms with Crippen molar-refractivity contribution >= 4 is 5.78 Å². The van der Waals surface area contributed by atoms with Crippen LogP contribution in [-0.2, 0) is 6.42 Å². The van der Waals surface area contributed by atoms with Gasteiger partial charge in [0.25, 0.3) is 0 Å². The molecule has 110 valence electrons. The third-order valence-corrected chi connectivity index (χ3v) is 3.29. The summed E-state index contributed by atoms with van der Waals surface area (Å²) in [5.41, 5.74) is 1.56. The summed E-state index contributed by atoms with van der Waals surface area (Å²) in [6.45, 7) is -0.110. The maximum Gasteiger partial charge on any atom is 0.193 e. The maximum atomic E-state index is 12.5. The highest BCUT2D eigenvalue weighted by Crippen LogP contribution is 2.22. The summed E-state index contributed by atoms with van der Waals surface area (Å²) in [6.07, 6.45) is -0.212. The van der Waals surface area contributed by atoms with Crippen molar-refractivity contribution in [1.82, 2.24) is 0 Å². The molecule has 0 bridgehead atoms. The first-order valence-corrected chi connectivity index (χ1v) is 6.82. The Morgan fingerprint density at radius 3 is 2.48 bits per heavy atom. The van der Waals surface area contributed by atoms with E-state index in [1.807, 2.05) is 6.07 Å². The van der Waals surface area contributed by atoms with Gasteiger partial charge >= 0.3 is 0 Å². The molecule has 4 heteroatoms. The standard InChI is InChI=1S/C17H18O4/c18-9-8-15(20)10-13-6-7-14(19)11-16(13)17(21)12-4-2-1-3-5-12/h1-7,11,15,18-20H,8-10H2. The molecule has 4 nitrogen and oxygen atoms in total. The molecule has 0 heterocycles. The number of aromatic hydroxyl groups is 1.